The molecule has 120 valence electrons. The van der Waals surface area contributed by atoms with Gasteiger partial charge in [-0.2, -0.15) is 0 Å². The monoisotopic (exact) mass is 347 g/mol. The summed E-state index contributed by atoms with van der Waals surface area (Å²) in [7, 11) is 0. The number of para-hydroxylation sites is 2. The second-order valence-electron chi connectivity index (χ2n) is 5.19. The van der Waals surface area contributed by atoms with E-state index in [0.717, 1.165) is 9.79 Å². The molecule has 0 bridgehead atoms. The van der Waals surface area contributed by atoms with Gasteiger partial charge in [-0.3, -0.25) is 0 Å². The van der Waals surface area contributed by atoms with Crippen molar-refractivity contribution in [3.05, 3.63) is 77.9 Å². The lowest BCUT2D eigenvalue weighted by Gasteiger charge is -2.33. The fraction of sp³-hybridized carbons (Fsp3) is 0. The number of nitrogens with zero attached hydrogens (tertiary/aromatic N) is 1. The van der Waals surface area contributed by atoms with Gasteiger partial charge in [-0.15, -0.1) is 0 Å². The second kappa shape index (κ2) is 5.56. The predicted octanol–water partition coefficient (Wildman–Crippen LogP) is 6.18. The Kier molecular flexibility index (Phi) is 3.49. The topological polar surface area (TPSA) is 3.24 Å². The summed E-state index contributed by atoms with van der Waals surface area (Å²) < 4.78 is 56.2. The number of anilines is 3. The molecular formula is C18H9F4NS. The average molecular weight is 347 g/mol. The van der Waals surface area contributed by atoms with Crippen molar-refractivity contribution in [3.8, 4) is 0 Å². The number of hydrogen-bond acceptors (Lipinski definition) is 2. The molecule has 1 heterocycles. The van der Waals surface area contributed by atoms with Crippen molar-refractivity contribution in [3.63, 3.8) is 0 Å². The van der Waals surface area contributed by atoms with Crippen LogP contribution in [0.1, 0.15) is 0 Å². The molecule has 0 aromatic heterocycles. The molecule has 0 amide bonds. The first kappa shape index (κ1) is 15.1. The Labute approximate surface area is 139 Å². The zero-order valence-electron chi connectivity index (χ0n) is 12.1. The molecule has 6 heteroatoms. The predicted molar refractivity (Wildman–Crippen MR) is 85.1 cm³/mol. The van der Waals surface area contributed by atoms with Crippen molar-refractivity contribution in [2.45, 2.75) is 9.79 Å². The second-order valence-corrected chi connectivity index (χ2v) is 6.27. The van der Waals surface area contributed by atoms with Crippen molar-refractivity contribution >= 4 is 28.8 Å². The van der Waals surface area contributed by atoms with Crippen LogP contribution < -0.4 is 4.90 Å². The Bertz CT molecular complexity index is 886. The van der Waals surface area contributed by atoms with E-state index in [2.05, 4.69) is 0 Å². The third-order valence-electron chi connectivity index (χ3n) is 3.74. The molecule has 3 aromatic carbocycles. The highest BCUT2D eigenvalue weighted by Gasteiger charge is 2.31. The van der Waals surface area contributed by atoms with Crippen LogP contribution in [0.3, 0.4) is 0 Å². The lowest BCUT2D eigenvalue weighted by Crippen LogP contribution is -2.19. The number of halogens is 4. The number of fused-ring (bicyclic) bond motifs is 2. The summed E-state index contributed by atoms with van der Waals surface area (Å²) in [4.78, 5) is 2.69. The van der Waals surface area contributed by atoms with Crippen LogP contribution >= 0.6 is 11.8 Å². The third kappa shape index (κ3) is 2.17. The molecule has 0 aliphatic carbocycles. The van der Waals surface area contributed by atoms with E-state index in [9.17, 15) is 17.6 Å². The van der Waals surface area contributed by atoms with Gasteiger partial charge in [0.1, 0.15) is 5.69 Å². The van der Waals surface area contributed by atoms with Gasteiger partial charge in [0.2, 0.25) is 0 Å². The maximum atomic E-state index is 14.4. The highest BCUT2D eigenvalue weighted by Crippen LogP contribution is 2.52. The Morgan fingerprint density at radius 2 is 1.12 bits per heavy atom. The molecule has 24 heavy (non-hydrogen) atoms. The van der Waals surface area contributed by atoms with Gasteiger partial charge in [0, 0.05) is 15.9 Å². The van der Waals surface area contributed by atoms with Gasteiger partial charge in [-0.25, -0.2) is 17.6 Å². The Morgan fingerprint density at radius 3 is 1.62 bits per heavy atom. The number of rotatable bonds is 1. The minimum atomic E-state index is -1.43. The first-order valence-corrected chi connectivity index (χ1v) is 7.88. The summed E-state index contributed by atoms with van der Waals surface area (Å²) >= 11 is 1.43. The van der Waals surface area contributed by atoms with Gasteiger partial charge in [-0.05, 0) is 24.3 Å². The number of hydrogen-bond donors (Lipinski definition) is 0. The summed E-state index contributed by atoms with van der Waals surface area (Å²) in [6.07, 6.45) is 0. The minimum absolute atomic E-state index is 0.213. The molecule has 0 radical (unpaired) electrons. The standard InChI is InChI=1S/C18H9F4NS/c19-10-9-11(20)17(22)18(16(10)21)23-12-5-1-3-7-14(12)24-15-8-4-2-6-13(15)23/h1-9H. The first-order valence-electron chi connectivity index (χ1n) is 7.07. The zero-order valence-corrected chi connectivity index (χ0v) is 12.9. The summed E-state index contributed by atoms with van der Waals surface area (Å²) in [6, 6.07) is 14.1. The summed E-state index contributed by atoms with van der Waals surface area (Å²) in [5.41, 5.74) is 0.167. The van der Waals surface area contributed by atoms with E-state index in [1.165, 1.54) is 16.7 Å². The third-order valence-corrected chi connectivity index (χ3v) is 4.87. The Hall–Kier alpha value is -2.47. The smallest absolute Gasteiger partial charge is 0.186 e. The normalized spacial score (nSPS) is 12.8. The maximum Gasteiger partial charge on any atom is 0.186 e. The number of benzene rings is 3. The molecule has 0 N–H and O–H groups in total. The van der Waals surface area contributed by atoms with Crippen LogP contribution in [-0.4, -0.2) is 0 Å². The summed E-state index contributed by atoms with van der Waals surface area (Å²) in [5, 5.41) is 0. The van der Waals surface area contributed by atoms with Crippen molar-refractivity contribution in [1.82, 2.24) is 0 Å². The van der Waals surface area contributed by atoms with E-state index in [1.807, 2.05) is 0 Å². The fourth-order valence-electron chi connectivity index (χ4n) is 2.70. The van der Waals surface area contributed by atoms with Crippen LogP contribution in [0.4, 0.5) is 34.6 Å². The fourth-order valence-corrected chi connectivity index (χ4v) is 3.76. The quantitative estimate of drug-likeness (QED) is 0.299. The zero-order chi connectivity index (χ0) is 16.8. The largest absolute Gasteiger partial charge is 0.303 e. The Balaban J connectivity index is 2.07. The molecule has 0 atom stereocenters. The summed E-state index contributed by atoms with van der Waals surface area (Å²) in [5.74, 6) is -5.72. The highest BCUT2D eigenvalue weighted by molar-refractivity contribution is 7.99. The van der Waals surface area contributed by atoms with Crippen LogP contribution in [0.2, 0.25) is 0 Å². The molecule has 3 aromatic rings. The van der Waals surface area contributed by atoms with Gasteiger partial charge in [-0.1, -0.05) is 36.0 Å². The summed E-state index contributed by atoms with van der Waals surface area (Å²) in [6.45, 7) is 0. The van der Waals surface area contributed by atoms with Gasteiger partial charge in [0.25, 0.3) is 0 Å². The van der Waals surface area contributed by atoms with Crippen molar-refractivity contribution < 1.29 is 17.6 Å². The van der Waals surface area contributed by atoms with Crippen molar-refractivity contribution in [1.29, 1.82) is 0 Å². The van der Waals surface area contributed by atoms with Crippen LogP contribution in [0.5, 0.6) is 0 Å². The first-order chi connectivity index (χ1) is 11.6. The lowest BCUT2D eigenvalue weighted by atomic mass is 10.1. The van der Waals surface area contributed by atoms with E-state index in [1.54, 1.807) is 48.5 Å². The molecule has 0 fully saturated rings. The minimum Gasteiger partial charge on any atom is -0.303 e. The highest BCUT2D eigenvalue weighted by atomic mass is 32.2. The maximum absolute atomic E-state index is 14.4. The molecule has 0 unspecified atom stereocenters. The van der Waals surface area contributed by atoms with E-state index in [-0.39, 0.29) is 6.07 Å². The van der Waals surface area contributed by atoms with Crippen molar-refractivity contribution in [2.75, 3.05) is 4.90 Å². The van der Waals surface area contributed by atoms with Gasteiger partial charge >= 0.3 is 0 Å². The molecule has 1 aliphatic rings. The van der Waals surface area contributed by atoms with Gasteiger partial charge < -0.3 is 4.90 Å². The van der Waals surface area contributed by atoms with Crippen molar-refractivity contribution in [2.24, 2.45) is 0 Å². The molecular weight excluding hydrogens is 338 g/mol. The lowest BCUT2D eigenvalue weighted by molar-refractivity contribution is 0.456. The Morgan fingerprint density at radius 1 is 0.667 bits per heavy atom. The van der Waals surface area contributed by atoms with Gasteiger partial charge in [0.05, 0.1) is 11.4 Å². The van der Waals surface area contributed by atoms with Crippen LogP contribution in [0.15, 0.2) is 64.4 Å². The SMILES string of the molecule is Fc1cc(F)c(F)c(N2c3ccccc3Sc3ccccc32)c1F. The van der Waals surface area contributed by atoms with Crippen LogP contribution in [0, 0.1) is 23.3 Å². The molecule has 4 rings (SSSR count). The average Bonchev–Trinajstić information content (AvgIpc) is 2.59. The molecule has 0 saturated heterocycles. The van der Waals surface area contributed by atoms with E-state index in [4.69, 9.17) is 0 Å². The molecule has 1 aliphatic heterocycles. The van der Waals surface area contributed by atoms with E-state index in [0.29, 0.717) is 11.4 Å². The van der Waals surface area contributed by atoms with E-state index < -0.39 is 29.0 Å². The van der Waals surface area contributed by atoms with E-state index >= 15 is 0 Å². The molecule has 1 nitrogen and oxygen atoms in total. The molecule has 0 saturated carbocycles. The van der Waals surface area contributed by atoms with Gasteiger partial charge in [0.15, 0.2) is 23.3 Å². The van der Waals surface area contributed by atoms with Crippen LogP contribution in [0.25, 0.3) is 0 Å². The molecule has 0 spiro atoms. The van der Waals surface area contributed by atoms with Crippen LogP contribution in [-0.2, 0) is 0 Å².